The highest BCUT2D eigenvalue weighted by Crippen LogP contribution is 2.30. The quantitative estimate of drug-likeness (QED) is 0.624. The number of hydrogen-bond donors (Lipinski definition) is 1. The Labute approximate surface area is 79.5 Å². The molecule has 1 aliphatic heterocycles. The zero-order valence-electron chi connectivity index (χ0n) is 7.21. The molecule has 12 heavy (non-hydrogen) atoms. The van der Waals surface area contributed by atoms with Gasteiger partial charge in [-0.3, -0.25) is 4.79 Å². The second-order valence-electron chi connectivity index (χ2n) is 3.72. The van der Waals surface area contributed by atoms with E-state index in [0.29, 0.717) is 17.6 Å². The van der Waals surface area contributed by atoms with E-state index in [-0.39, 0.29) is 12.4 Å². The van der Waals surface area contributed by atoms with E-state index in [0.717, 1.165) is 32.4 Å². The molecule has 1 saturated heterocycles. The summed E-state index contributed by atoms with van der Waals surface area (Å²) in [4.78, 5) is 11.4. The van der Waals surface area contributed by atoms with Crippen LogP contribution in [0.15, 0.2) is 0 Å². The van der Waals surface area contributed by atoms with E-state index in [1.54, 1.807) is 0 Å². The molecule has 2 unspecified atom stereocenters. The predicted molar refractivity (Wildman–Crippen MR) is 50.6 cm³/mol. The van der Waals surface area contributed by atoms with Gasteiger partial charge < -0.3 is 5.32 Å². The summed E-state index contributed by atoms with van der Waals surface area (Å²) in [7, 11) is 0. The first-order valence-corrected chi connectivity index (χ1v) is 4.61. The molecule has 2 aliphatic rings. The average molecular weight is 190 g/mol. The third-order valence-electron chi connectivity index (χ3n) is 3.02. The second kappa shape index (κ2) is 4.24. The van der Waals surface area contributed by atoms with Gasteiger partial charge in [0.15, 0.2) is 0 Å². The van der Waals surface area contributed by atoms with Crippen molar-refractivity contribution in [3.05, 3.63) is 0 Å². The number of carbonyl (C=O) groups excluding carboxylic acids is 1. The summed E-state index contributed by atoms with van der Waals surface area (Å²) < 4.78 is 0. The molecule has 0 spiro atoms. The molecule has 1 heterocycles. The van der Waals surface area contributed by atoms with Crippen molar-refractivity contribution in [1.82, 2.24) is 5.32 Å². The first kappa shape index (κ1) is 10.0. The van der Waals surface area contributed by atoms with E-state index in [4.69, 9.17) is 0 Å². The predicted octanol–water partition coefficient (Wildman–Crippen LogP) is 1.39. The molecule has 0 bridgehead atoms. The maximum atomic E-state index is 11.4. The third kappa shape index (κ3) is 1.80. The van der Waals surface area contributed by atoms with Crippen molar-refractivity contribution in [3.63, 3.8) is 0 Å². The molecule has 2 nitrogen and oxygen atoms in total. The maximum absolute atomic E-state index is 11.4. The first-order valence-electron chi connectivity index (χ1n) is 4.61. The highest BCUT2D eigenvalue weighted by molar-refractivity contribution is 5.85. The Morgan fingerprint density at radius 1 is 1.33 bits per heavy atom. The van der Waals surface area contributed by atoms with Crippen LogP contribution in [-0.4, -0.2) is 18.9 Å². The van der Waals surface area contributed by atoms with E-state index in [1.165, 1.54) is 6.42 Å². The van der Waals surface area contributed by atoms with Crippen molar-refractivity contribution in [2.45, 2.75) is 25.7 Å². The summed E-state index contributed by atoms with van der Waals surface area (Å²) >= 11 is 0. The summed E-state index contributed by atoms with van der Waals surface area (Å²) in [6.07, 6.45) is 4.33. The van der Waals surface area contributed by atoms with Gasteiger partial charge in [-0.15, -0.1) is 12.4 Å². The van der Waals surface area contributed by atoms with Crippen LogP contribution < -0.4 is 5.32 Å². The average Bonchev–Trinajstić information content (AvgIpc) is 2.06. The van der Waals surface area contributed by atoms with Crippen molar-refractivity contribution in [1.29, 1.82) is 0 Å². The van der Waals surface area contributed by atoms with Crippen LogP contribution in [0.25, 0.3) is 0 Å². The topological polar surface area (TPSA) is 29.1 Å². The van der Waals surface area contributed by atoms with E-state index in [2.05, 4.69) is 5.32 Å². The molecule has 0 radical (unpaired) electrons. The van der Waals surface area contributed by atoms with Crippen LogP contribution in [0.1, 0.15) is 25.7 Å². The van der Waals surface area contributed by atoms with Gasteiger partial charge in [0.2, 0.25) is 0 Å². The molecular formula is C9H16ClNO. The lowest BCUT2D eigenvalue weighted by atomic mass is 9.75. The largest absolute Gasteiger partial charge is 0.316 e. The first-order chi connectivity index (χ1) is 5.38. The zero-order chi connectivity index (χ0) is 7.68. The minimum Gasteiger partial charge on any atom is -0.316 e. The highest BCUT2D eigenvalue weighted by Gasteiger charge is 2.32. The number of Topliss-reactive ketones (excluding diaryl/α,β-unsaturated/α-hetero) is 1. The number of halogens is 1. The van der Waals surface area contributed by atoms with Crippen LogP contribution in [0.2, 0.25) is 0 Å². The van der Waals surface area contributed by atoms with Crippen molar-refractivity contribution in [2.24, 2.45) is 11.8 Å². The van der Waals surface area contributed by atoms with Crippen molar-refractivity contribution >= 4 is 18.2 Å². The molecule has 70 valence electrons. The molecule has 0 aromatic carbocycles. The molecule has 2 fully saturated rings. The van der Waals surface area contributed by atoms with Crippen molar-refractivity contribution in [2.75, 3.05) is 13.1 Å². The Morgan fingerprint density at radius 2 is 2.17 bits per heavy atom. The number of carbonyl (C=O) groups is 1. The molecule has 2 rings (SSSR count). The van der Waals surface area contributed by atoms with Crippen LogP contribution >= 0.6 is 12.4 Å². The van der Waals surface area contributed by atoms with Gasteiger partial charge >= 0.3 is 0 Å². The van der Waals surface area contributed by atoms with E-state index in [9.17, 15) is 4.79 Å². The van der Waals surface area contributed by atoms with Crippen LogP contribution in [0.3, 0.4) is 0 Å². The molecule has 2 atom stereocenters. The minimum atomic E-state index is 0. The second-order valence-corrected chi connectivity index (χ2v) is 3.72. The SMILES string of the molecule is Cl.O=C1CCCC2CNCCC12. The molecule has 0 aromatic heterocycles. The van der Waals surface area contributed by atoms with Gasteiger partial charge in [-0.2, -0.15) is 0 Å². The summed E-state index contributed by atoms with van der Waals surface area (Å²) in [5, 5.41) is 3.35. The zero-order valence-corrected chi connectivity index (χ0v) is 8.03. The number of nitrogens with one attached hydrogen (secondary N) is 1. The molecule has 0 amide bonds. The fraction of sp³-hybridized carbons (Fsp3) is 0.889. The maximum Gasteiger partial charge on any atom is 0.136 e. The normalized spacial score (nSPS) is 35.2. The standard InChI is InChI=1S/C9H15NO.ClH/c11-9-3-1-2-7-6-10-5-4-8(7)9;/h7-8,10H,1-6H2;1H. The molecule has 1 aliphatic carbocycles. The Balaban J connectivity index is 0.000000720. The molecule has 1 saturated carbocycles. The Hall–Kier alpha value is -0.0800. The summed E-state index contributed by atoms with van der Waals surface area (Å²) in [5.41, 5.74) is 0. The summed E-state index contributed by atoms with van der Waals surface area (Å²) in [6.45, 7) is 2.13. The van der Waals surface area contributed by atoms with E-state index in [1.807, 2.05) is 0 Å². The molecule has 1 N–H and O–H groups in total. The number of hydrogen-bond acceptors (Lipinski definition) is 2. The smallest absolute Gasteiger partial charge is 0.136 e. The van der Waals surface area contributed by atoms with Crippen LogP contribution in [0, 0.1) is 11.8 Å². The van der Waals surface area contributed by atoms with E-state index >= 15 is 0 Å². The lowest BCUT2D eigenvalue weighted by Gasteiger charge is -2.34. The van der Waals surface area contributed by atoms with Gasteiger partial charge in [-0.1, -0.05) is 0 Å². The van der Waals surface area contributed by atoms with Gasteiger partial charge in [-0.25, -0.2) is 0 Å². The number of fused-ring (bicyclic) bond motifs is 1. The van der Waals surface area contributed by atoms with Gasteiger partial charge in [-0.05, 0) is 38.3 Å². The van der Waals surface area contributed by atoms with Gasteiger partial charge in [0.25, 0.3) is 0 Å². The number of piperidine rings is 1. The van der Waals surface area contributed by atoms with Crippen LogP contribution in [-0.2, 0) is 4.79 Å². The monoisotopic (exact) mass is 189 g/mol. The summed E-state index contributed by atoms with van der Waals surface area (Å²) in [6, 6.07) is 0. The van der Waals surface area contributed by atoms with Crippen LogP contribution in [0.4, 0.5) is 0 Å². The fourth-order valence-electron chi connectivity index (χ4n) is 2.37. The van der Waals surface area contributed by atoms with Crippen LogP contribution in [0.5, 0.6) is 0 Å². The lowest BCUT2D eigenvalue weighted by Crippen LogP contribution is -2.42. The highest BCUT2D eigenvalue weighted by atomic mass is 35.5. The van der Waals surface area contributed by atoms with Gasteiger partial charge in [0, 0.05) is 12.3 Å². The number of rotatable bonds is 0. The van der Waals surface area contributed by atoms with Crippen molar-refractivity contribution in [3.8, 4) is 0 Å². The van der Waals surface area contributed by atoms with Crippen molar-refractivity contribution < 1.29 is 4.79 Å². The number of ketones is 1. The Morgan fingerprint density at radius 3 is 2.92 bits per heavy atom. The van der Waals surface area contributed by atoms with E-state index < -0.39 is 0 Å². The van der Waals surface area contributed by atoms with Gasteiger partial charge in [0.1, 0.15) is 5.78 Å². The summed E-state index contributed by atoms with van der Waals surface area (Å²) in [5.74, 6) is 1.62. The Bertz CT molecular complexity index is 170. The Kier molecular flexibility index (Phi) is 3.53. The molecular weight excluding hydrogens is 174 g/mol. The third-order valence-corrected chi connectivity index (χ3v) is 3.02. The van der Waals surface area contributed by atoms with Gasteiger partial charge in [0.05, 0.1) is 0 Å². The molecule has 0 aromatic rings. The fourth-order valence-corrected chi connectivity index (χ4v) is 2.37. The minimum absolute atomic E-state index is 0. The molecule has 3 heteroatoms. The lowest BCUT2D eigenvalue weighted by molar-refractivity contribution is -0.127.